The van der Waals surface area contributed by atoms with Crippen LogP contribution in [0, 0.1) is 0 Å². The van der Waals surface area contributed by atoms with Gasteiger partial charge in [-0.05, 0) is 23.1 Å². The molecule has 0 fully saturated rings. The average Bonchev–Trinajstić information content (AvgIpc) is 2.88. The Bertz CT molecular complexity index is 593. The minimum atomic E-state index is -0.208. The Hall–Kier alpha value is -2.30. The van der Waals surface area contributed by atoms with Crippen LogP contribution in [0.15, 0.2) is 45.8 Å². The normalized spacial score (nSPS) is 20.4. The second-order valence-electron chi connectivity index (χ2n) is 5.84. The number of aliphatic imine (C=N–C) groups is 2. The third kappa shape index (κ3) is 2.39. The molecule has 1 aromatic carbocycles. The van der Waals surface area contributed by atoms with Gasteiger partial charge < -0.3 is 15.4 Å². The van der Waals surface area contributed by atoms with Crippen molar-refractivity contribution < 1.29 is 4.74 Å². The largest absolute Gasteiger partial charge is 0.439 e. The number of fused-ring (bicyclic) bond motifs is 1. The highest BCUT2D eigenvalue weighted by molar-refractivity contribution is 5.68. The summed E-state index contributed by atoms with van der Waals surface area (Å²) in [5.41, 5.74) is 2.26. The van der Waals surface area contributed by atoms with Gasteiger partial charge in [0.25, 0.3) is 0 Å². The Morgan fingerprint density at radius 2 is 1.65 bits per heavy atom. The van der Waals surface area contributed by atoms with Gasteiger partial charge in [-0.15, -0.1) is 0 Å². The quantitative estimate of drug-likeness (QED) is 0.865. The minimum Gasteiger partial charge on any atom is -0.439 e. The van der Waals surface area contributed by atoms with Crippen molar-refractivity contribution in [2.45, 2.75) is 32.4 Å². The van der Waals surface area contributed by atoms with Crippen LogP contribution in [0.5, 0.6) is 5.75 Å². The zero-order valence-corrected chi connectivity index (χ0v) is 11.8. The van der Waals surface area contributed by atoms with Crippen LogP contribution in [0.25, 0.3) is 0 Å². The zero-order valence-electron chi connectivity index (χ0n) is 11.8. The van der Waals surface area contributed by atoms with Crippen LogP contribution in [0.3, 0.4) is 0 Å². The molecule has 5 nitrogen and oxygen atoms in total. The van der Waals surface area contributed by atoms with Gasteiger partial charge >= 0.3 is 0 Å². The Morgan fingerprint density at radius 1 is 1.00 bits per heavy atom. The van der Waals surface area contributed by atoms with Gasteiger partial charge in [0.2, 0.25) is 5.88 Å². The third-order valence-corrected chi connectivity index (χ3v) is 3.29. The second kappa shape index (κ2) is 4.67. The van der Waals surface area contributed by atoms with Crippen molar-refractivity contribution in [3.8, 4) is 5.75 Å². The van der Waals surface area contributed by atoms with E-state index in [0.29, 0.717) is 5.88 Å². The van der Waals surface area contributed by atoms with Crippen molar-refractivity contribution in [1.82, 2.24) is 10.6 Å². The fraction of sp³-hybridized carbons (Fsp3) is 0.333. The summed E-state index contributed by atoms with van der Waals surface area (Å²) in [5.74, 6) is 1.43. The smallest absolute Gasteiger partial charge is 0.222 e. The molecule has 2 aliphatic rings. The van der Waals surface area contributed by atoms with Crippen molar-refractivity contribution in [3.05, 3.63) is 41.4 Å². The number of rotatable bonds is 2. The van der Waals surface area contributed by atoms with E-state index < -0.39 is 0 Å². The van der Waals surface area contributed by atoms with Crippen LogP contribution in [-0.4, -0.2) is 18.8 Å². The Labute approximate surface area is 118 Å². The number of ether oxygens (including phenoxy) is 1. The Balaban J connectivity index is 1.79. The summed E-state index contributed by atoms with van der Waals surface area (Å²) in [6, 6.07) is 8.14. The first-order chi connectivity index (χ1) is 9.54. The predicted octanol–water partition coefficient (Wildman–Crippen LogP) is 2.12. The maximum Gasteiger partial charge on any atom is 0.222 e. The monoisotopic (exact) mass is 270 g/mol. The van der Waals surface area contributed by atoms with E-state index in [-0.39, 0.29) is 11.6 Å². The van der Waals surface area contributed by atoms with Gasteiger partial charge in [-0.2, -0.15) is 0 Å². The van der Waals surface area contributed by atoms with Crippen molar-refractivity contribution in [2.75, 3.05) is 0 Å². The van der Waals surface area contributed by atoms with Gasteiger partial charge in [-0.3, -0.25) is 0 Å². The van der Waals surface area contributed by atoms with Crippen LogP contribution in [0.2, 0.25) is 0 Å². The molecule has 0 bridgehead atoms. The van der Waals surface area contributed by atoms with E-state index in [4.69, 9.17) is 4.74 Å². The van der Waals surface area contributed by atoms with Crippen molar-refractivity contribution in [1.29, 1.82) is 0 Å². The number of nitrogens with zero attached hydrogens (tertiary/aromatic N) is 2. The van der Waals surface area contributed by atoms with Crippen LogP contribution in [0.1, 0.15) is 26.3 Å². The molecular formula is C15H18N4O. The number of hydrogen-bond donors (Lipinski definition) is 2. The molecule has 1 aromatic rings. The van der Waals surface area contributed by atoms with E-state index in [1.807, 2.05) is 12.1 Å². The molecule has 0 aromatic heterocycles. The summed E-state index contributed by atoms with van der Waals surface area (Å²) < 4.78 is 5.87. The first kappa shape index (κ1) is 12.7. The first-order valence-corrected chi connectivity index (χ1v) is 6.63. The highest BCUT2D eigenvalue weighted by atomic mass is 16.5. The second-order valence-corrected chi connectivity index (χ2v) is 5.84. The summed E-state index contributed by atoms with van der Waals surface area (Å²) in [6.07, 6.45) is 3.04. The van der Waals surface area contributed by atoms with Gasteiger partial charge in [-0.1, -0.05) is 32.9 Å². The summed E-state index contributed by atoms with van der Waals surface area (Å²) in [6.45, 7) is 6.57. The molecule has 2 aliphatic heterocycles. The van der Waals surface area contributed by atoms with Gasteiger partial charge in [0, 0.05) is 0 Å². The van der Waals surface area contributed by atoms with E-state index in [0.717, 1.165) is 11.4 Å². The molecular weight excluding hydrogens is 252 g/mol. The number of nitrogens with one attached hydrogen (secondary N) is 2. The molecule has 5 heteroatoms. The van der Waals surface area contributed by atoms with E-state index in [9.17, 15) is 0 Å². The maximum absolute atomic E-state index is 5.87. The molecule has 2 N–H and O–H groups in total. The summed E-state index contributed by atoms with van der Waals surface area (Å²) in [4.78, 5) is 8.38. The highest BCUT2D eigenvalue weighted by Gasteiger charge is 2.24. The Kier molecular flexibility index (Phi) is 2.97. The summed E-state index contributed by atoms with van der Waals surface area (Å²) in [7, 11) is 0. The lowest BCUT2D eigenvalue weighted by molar-refractivity contribution is 0.386. The van der Waals surface area contributed by atoms with Crippen LogP contribution < -0.4 is 15.4 Å². The van der Waals surface area contributed by atoms with Gasteiger partial charge in [0.15, 0.2) is 6.17 Å². The van der Waals surface area contributed by atoms with Gasteiger partial charge in [-0.25, -0.2) is 9.98 Å². The molecule has 1 atom stereocenters. The molecule has 2 heterocycles. The number of hydrogen-bond acceptors (Lipinski definition) is 5. The van der Waals surface area contributed by atoms with Crippen molar-refractivity contribution in [3.63, 3.8) is 0 Å². The lowest BCUT2D eigenvalue weighted by atomic mass is 9.87. The topological polar surface area (TPSA) is 58.0 Å². The van der Waals surface area contributed by atoms with Crippen LogP contribution in [0.4, 0.5) is 0 Å². The molecule has 0 saturated heterocycles. The van der Waals surface area contributed by atoms with Crippen molar-refractivity contribution >= 4 is 12.7 Å². The summed E-state index contributed by atoms with van der Waals surface area (Å²) in [5, 5.41) is 6.06. The molecule has 3 rings (SSSR count). The van der Waals surface area contributed by atoms with E-state index in [1.54, 1.807) is 12.7 Å². The van der Waals surface area contributed by atoms with Crippen LogP contribution in [-0.2, 0) is 5.41 Å². The minimum absolute atomic E-state index is 0.141. The SMILES string of the molecule is CC(C)(C)c1ccc(OC2=C3NC=NC3N=CN2)cc1. The molecule has 104 valence electrons. The zero-order chi connectivity index (χ0) is 14.2. The van der Waals surface area contributed by atoms with Crippen molar-refractivity contribution in [2.24, 2.45) is 9.98 Å². The standard InChI is InChI=1S/C15H18N4O/c1-15(2,3)10-4-6-11(7-5-10)20-14-12-13(17-8-16-12)18-9-19-14/h4-9,13H,1-3H3,(H,16,17)(H,18,19). The molecule has 0 saturated carbocycles. The molecule has 1 unspecified atom stereocenters. The lowest BCUT2D eigenvalue weighted by Crippen LogP contribution is -2.30. The number of benzene rings is 1. The van der Waals surface area contributed by atoms with Gasteiger partial charge in [0.05, 0.1) is 12.7 Å². The summed E-state index contributed by atoms with van der Waals surface area (Å²) >= 11 is 0. The molecule has 0 amide bonds. The predicted molar refractivity (Wildman–Crippen MR) is 79.8 cm³/mol. The highest BCUT2D eigenvalue weighted by Crippen LogP contribution is 2.25. The van der Waals surface area contributed by atoms with Gasteiger partial charge in [0.1, 0.15) is 11.4 Å². The molecule has 0 aliphatic carbocycles. The fourth-order valence-corrected chi connectivity index (χ4v) is 2.09. The Morgan fingerprint density at radius 3 is 2.30 bits per heavy atom. The van der Waals surface area contributed by atoms with E-state index >= 15 is 0 Å². The van der Waals surface area contributed by atoms with E-state index in [2.05, 4.69) is 53.5 Å². The molecule has 0 spiro atoms. The molecule has 0 radical (unpaired) electrons. The lowest BCUT2D eigenvalue weighted by Gasteiger charge is -2.20. The fourth-order valence-electron chi connectivity index (χ4n) is 2.09. The first-order valence-electron chi connectivity index (χ1n) is 6.63. The third-order valence-electron chi connectivity index (χ3n) is 3.29. The van der Waals surface area contributed by atoms with E-state index in [1.165, 1.54) is 5.56 Å². The van der Waals surface area contributed by atoms with Crippen LogP contribution >= 0.6 is 0 Å². The average molecular weight is 270 g/mol. The molecule has 20 heavy (non-hydrogen) atoms. The maximum atomic E-state index is 5.87.